The molecule has 4 aromatic rings. The van der Waals surface area contributed by atoms with Crippen LogP contribution in [0, 0.1) is 11.8 Å². The number of carbonyl (C=O) groups excluding carboxylic acids is 2. The fraction of sp³-hybridized carbons (Fsp3) is 0.306. The molecule has 4 bridgehead atoms. The van der Waals surface area contributed by atoms with Crippen LogP contribution in [0.1, 0.15) is 80.1 Å². The van der Waals surface area contributed by atoms with Crippen molar-refractivity contribution in [2.45, 2.75) is 70.4 Å². The van der Waals surface area contributed by atoms with E-state index in [0.29, 0.717) is 25.7 Å². The van der Waals surface area contributed by atoms with E-state index in [4.69, 9.17) is 38.9 Å². The van der Waals surface area contributed by atoms with E-state index in [1.54, 1.807) is 12.1 Å². The molecule has 0 saturated carbocycles. The zero-order valence-corrected chi connectivity index (χ0v) is 33.7. The SMILES string of the molecule is C/C=C1\C2C=CCC1(N=Cc1ccccc1)c1ccc(OC(=O)OCCCCOC(=O)Oc3ccc4c(n3)CC3C=C(C)CC4(N=Cc4ccccc4)/C3=C/C)nc1C2. The normalized spacial score (nSPS) is 24.1. The lowest BCUT2D eigenvalue weighted by molar-refractivity contribution is 0.0826. The van der Waals surface area contributed by atoms with Crippen molar-refractivity contribution in [2.24, 2.45) is 21.8 Å². The molecule has 4 aliphatic carbocycles. The number of benzene rings is 2. The van der Waals surface area contributed by atoms with Gasteiger partial charge in [0.05, 0.1) is 24.6 Å². The molecule has 0 amide bonds. The molecule has 0 N–H and O–H groups in total. The van der Waals surface area contributed by atoms with Gasteiger partial charge in [-0.3, -0.25) is 9.98 Å². The summed E-state index contributed by atoms with van der Waals surface area (Å²) in [5.74, 6) is 0.664. The molecule has 0 fully saturated rings. The number of hydrogen-bond donors (Lipinski definition) is 0. The van der Waals surface area contributed by atoms with Crippen LogP contribution in [-0.4, -0.2) is 47.9 Å². The maximum absolute atomic E-state index is 12.7. The number of fused-ring (bicyclic) bond motifs is 8. The summed E-state index contributed by atoms with van der Waals surface area (Å²) in [5, 5.41) is 0. The number of nitrogens with zero attached hydrogens (tertiary/aromatic N) is 4. The smallest absolute Gasteiger partial charge is 0.434 e. The van der Waals surface area contributed by atoms with Gasteiger partial charge in [-0.15, -0.1) is 0 Å². The molecule has 0 aliphatic heterocycles. The molecule has 2 heterocycles. The zero-order chi connectivity index (χ0) is 40.8. The number of aromatic nitrogens is 2. The number of unbranched alkanes of at least 4 members (excludes halogenated alkanes) is 1. The fourth-order valence-electron chi connectivity index (χ4n) is 9.14. The molecule has 0 spiro atoms. The van der Waals surface area contributed by atoms with Crippen molar-refractivity contribution in [3.63, 3.8) is 0 Å². The number of ether oxygens (including phenoxy) is 4. The average molecular weight is 789 g/mol. The summed E-state index contributed by atoms with van der Waals surface area (Å²) in [6.45, 7) is 6.46. The third-order valence-electron chi connectivity index (χ3n) is 11.6. The van der Waals surface area contributed by atoms with Crippen molar-refractivity contribution in [2.75, 3.05) is 13.2 Å². The monoisotopic (exact) mass is 788 g/mol. The summed E-state index contributed by atoms with van der Waals surface area (Å²) < 4.78 is 21.6. The lowest BCUT2D eigenvalue weighted by Gasteiger charge is -2.45. The minimum Gasteiger partial charge on any atom is -0.434 e. The van der Waals surface area contributed by atoms with Crippen LogP contribution in [0.4, 0.5) is 9.59 Å². The van der Waals surface area contributed by atoms with Crippen molar-refractivity contribution in [1.29, 1.82) is 0 Å². The first-order chi connectivity index (χ1) is 28.8. The van der Waals surface area contributed by atoms with E-state index in [0.717, 1.165) is 46.5 Å². The minimum absolute atomic E-state index is 0.0843. The van der Waals surface area contributed by atoms with Crippen LogP contribution in [-0.2, 0) is 33.4 Å². The summed E-state index contributed by atoms with van der Waals surface area (Å²) in [5.41, 5.74) is 8.44. The third-order valence-corrected chi connectivity index (χ3v) is 11.6. The second-order valence-corrected chi connectivity index (χ2v) is 15.4. The van der Waals surface area contributed by atoms with Crippen molar-refractivity contribution >= 4 is 24.7 Å². The molecule has 4 atom stereocenters. The van der Waals surface area contributed by atoms with E-state index in [-0.39, 0.29) is 36.8 Å². The summed E-state index contributed by atoms with van der Waals surface area (Å²) in [4.78, 5) is 45.2. The molecular weight excluding hydrogens is 741 g/mol. The van der Waals surface area contributed by atoms with Crippen LogP contribution in [0.3, 0.4) is 0 Å². The first-order valence-electron chi connectivity index (χ1n) is 20.4. The molecule has 0 saturated heterocycles. The Morgan fingerprint density at radius 3 is 1.76 bits per heavy atom. The lowest BCUT2D eigenvalue weighted by Crippen LogP contribution is -2.40. The van der Waals surface area contributed by atoms with E-state index >= 15 is 0 Å². The van der Waals surface area contributed by atoms with Gasteiger partial charge >= 0.3 is 12.3 Å². The number of carbonyl (C=O) groups is 2. The molecule has 59 heavy (non-hydrogen) atoms. The predicted molar refractivity (Wildman–Crippen MR) is 227 cm³/mol. The van der Waals surface area contributed by atoms with Gasteiger partial charge in [-0.2, -0.15) is 0 Å². The van der Waals surface area contributed by atoms with E-state index in [9.17, 15) is 9.59 Å². The van der Waals surface area contributed by atoms with Crippen molar-refractivity contribution < 1.29 is 28.5 Å². The predicted octanol–water partition coefficient (Wildman–Crippen LogP) is 10.2. The van der Waals surface area contributed by atoms with E-state index in [1.807, 2.05) is 85.2 Å². The van der Waals surface area contributed by atoms with Gasteiger partial charge in [-0.1, -0.05) is 96.6 Å². The van der Waals surface area contributed by atoms with Crippen molar-refractivity contribution in [3.8, 4) is 11.8 Å². The highest BCUT2D eigenvalue weighted by Crippen LogP contribution is 2.53. The van der Waals surface area contributed by atoms with Crippen LogP contribution < -0.4 is 9.47 Å². The summed E-state index contributed by atoms with van der Waals surface area (Å²) in [6.07, 6.45) is 17.0. The molecule has 2 aromatic heterocycles. The molecule has 4 aliphatic rings. The van der Waals surface area contributed by atoms with Gasteiger partial charge in [0.1, 0.15) is 11.1 Å². The molecule has 10 nitrogen and oxygen atoms in total. The minimum atomic E-state index is -0.845. The van der Waals surface area contributed by atoms with Crippen molar-refractivity contribution in [1.82, 2.24) is 9.97 Å². The second kappa shape index (κ2) is 17.2. The fourth-order valence-corrected chi connectivity index (χ4v) is 9.14. The maximum Gasteiger partial charge on any atom is 0.515 e. The Morgan fingerprint density at radius 2 is 1.20 bits per heavy atom. The number of hydrogen-bond acceptors (Lipinski definition) is 10. The Morgan fingerprint density at radius 1 is 0.695 bits per heavy atom. The van der Waals surface area contributed by atoms with Gasteiger partial charge in [-0.05, 0) is 74.4 Å². The van der Waals surface area contributed by atoms with Gasteiger partial charge < -0.3 is 18.9 Å². The van der Waals surface area contributed by atoms with Gasteiger partial charge in [0.25, 0.3) is 0 Å². The van der Waals surface area contributed by atoms with E-state index in [2.05, 4.69) is 51.2 Å². The molecule has 4 unspecified atom stereocenters. The number of rotatable bonds is 11. The highest BCUT2D eigenvalue weighted by Gasteiger charge is 2.47. The Bertz CT molecular complexity index is 2400. The zero-order valence-electron chi connectivity index (χ0n) is 33.7. The highest BCUT2D eigenvalue weighted by molar-refractivity contribution is 5.81. The summed E-state index contributed by atoms with van der Waals surface area (Å²) in [6, 6.07) is 27.5. The van der Waals surface area contributed by atoms with Crippen LogP contribution in [0.15, 0.2) is 142 Å². The molecule has 2 aromatic carbocycles. The molecule has 300 valence electrons. The average Bonchev–Trinajstić information content (AvgIpc) is 3.23. The first kappa shape index (κ1) is 39.4. The topological polar surface area (TPSA) is 122 Å². The van der Waals surface area contributed by atoms with Crippen LogP contribution in [0.5, 0.6) is 11.8 Å². The second-order valence-electron chi connectivity index (χ2n) is 15.4. The van der Waals surface area contributed by atoms with Gasteiger partial charge in [0.2, 0.25) is 11.8 Å². The van der Waals surface area contributed by atoms with Crippen LogP contribution in [0.25, 0.3) is 0 Å². The van der Waals surface area contributed by atoms with Crippen LogP contribution in [0.2, 0.25) is 0 Å². The van der Waals surface area contributed by atoms with E-state index in [1.165, 1.54) is 16.7 Å². The largest absolute Gasteiger partial charge is 0.515 e. The highest BCUT2D eigenvalue weighted by atomic mass is 16.7. The Kier molecular flexibility index (Phi) is 11.5. The Labute approximate surface area is 345 Å². The number of pyridine rings is 2. The third kappa shape index (κ3) is 8.17. The Hall–Kier alpha value is -6.42. The standard InChI is InChI=1S/C49H48N4O6/c1-4-38-36-19-14-24-48(38,50-31-34-15-8-6-9-16-34)40-20-22-44(52-42(40)28-36)58-46(54)56-25-12-13-26-57-47(55)59-45-23-21-41-43(53-45)29-37-27-33(3)30-49(41,39(37)5-2)51-32-35-17-10-7-11-18-35/h4-11,14-23,27,31-32,36-37H,12-13,24-26,28-30H2,1-3H3/b38-4+,39-5+,50-31?,51-32?. The molecule has 8 rings (SSSR count). The van der Waals surface area contributed by atoms with Gasteiger partial charge in [-0.25, -0.2) is 19.6 Å². The van der Waals surface area contributed by atoms with Gasteiger partial charge in [0.15, 0.2) is 0 Å². The molecule has 10 heteroatoms. The van der Waals surface area contributed by atoms with Gasteiger partial charge in [0, 0.05) is 66.8 Å². The van der Waals surface area contributed by atoms with Crippen LogP contribution >= 0.6 is 0 Å². The van der Waals surface area contributed by atoms with Crippen molar-refractivity contribution in [3.05, 3.63) is 166 Å². The maximum atomic E-state index is 12.7. The molecular formula is C49H48N4O6. The Balaban J connectivity index is 0.823. The van der Waals surface area contributed by atoms with E-state index < -0.39 is 23.4 Å². The summed E-state index contributed by atoms with van der Waals surface area (Å²) in [7, 11) is 0. The summed E-state index contributed by atoms with van der Waals surface area (Å²) >= 11 is 0. The molecule has 0 radical (unpaired) electrons. The number of aliphatic imine (C=N–C) groups is 2. The first-order valence-corrected chi connectivity index (χ1v) is 20.4. The lowest BCUT2D eigenvalue weighted by atomic mass is 9.63. The number of allylic oxidation sites excluding steroid dienone is 4. The quantitative estimate of drug-likeness (QED) is 0.0637.